The second-order valence-corrected chi connectivity index (χ2v) is 13.1. The minimum Gasteiger partial charge on any atom is -0.486 e. The third-order valence-electron chi connectivity index (χ3n) is 7.48. The average Bonchev–Trinajstić information content (AvgIpc) is 3.53. The van der Waals surface area contributed by atoms with Crippen LogP contribution in [0.4, 0.5) is 14.5 Å². The first kappa shape index (κ1) is 27.5. The number of piperazine rings is 1. The predicted octanol–water partition coefficient (Wildman–Crippen LogP) is 4.15. The Labute approximate surface area is 239 Å². The van der Waals surface area contributed by atoms with E-state index in [2.05, 4.69) is 17.0 Å². The Kier molecular flexibility index (Phi) is 6.94. The molecule has 0 radical (unpaired) electrons. The molecule has 10 nitrogen and oxygen atoms in total. The zero-order valence-corrected chi connectivity index (χ0v) is 23.7. The van der Waals surface area contributed by atoms with Gasteiger partial charge in [0.05, 0.1) is 29.8 Å². The maximum atomic E-state index is 13.9. The molecule has 6 rings (SSSR count). The van der Waals surface area contributed by atoms with Gasteiger partial charge in [0.1, 0.15) is 17.3 Å². The van der Waals surface area contributed by atoms with Crippen molar-refractivity contribution in [3.8, 4) is 11.4 Å². The van der Waals surface area contributed by atoms with Crippen LogP contribution < -0.4 is 15.2 Å². The van der Waals surface area contributed by atoms with E-state index in [0.717, 1.165) is 29.7 Å². The fraction of sp³-hybridized carbons (Fsp3) is 0.370. The van der Waals surface area contributed by atoms with Gasteiger partial charge >= 0.3 is 5.56 Å². The average molecular weight is 604 g/mol. The lowest BCUT2D eigenvalue weighted by Crippen LogP contribution is -2.49. The third-order valence-corrected chi connectivity index (χ3v) is 9.52. The number of aromatic amines is 1. The van der Waals surface area contributed by atoms with Crippen molar-refractivity contribution in [2.24, 2.45) is 5.41 Å². The molecule has 2 fully saturated rings. The Morgan fingerprint density at radius 3 is 2.49 bits per heavy atom. The highest BCUT2D eigenvalue weighted by Crippen LogP contribution is 2.45. The van der Waals surface area contributed by atoms with E-state index in [-0.39, 0.29) is 40.5 Å². The van der Waals surface area contributed by atoms with E-state index in [4.69, 9.17) is 21.4 Å². The summed E-state index contributed by atoms with van der Waals surface area (Å²) < 4.78 is 67.9. The fourth-order valence-electron chi connectivity index (χ4n) is 4.84. The normalized spacial score (nSPS) is 17.2. The molecule has 14 heteroatoms. The van der Waals surface area contributed by atoms with E-state index in [1.807, 2.05) is 4.90 Å². The number of H-pyrrole nitrogens is 1. The van der Waals surface area contributed by atoms with Crippen LogP contribution in [0.5, 0.6) is 5.75 Å². The lowest BCUT2D eigenvalue weighted by atomic mass is 10.2. The molecule has 1 aliphatic carbocycles. The molecule has 1 saturated carbocycles. The Morgan fingerprint density at radius 2 is 1.80 bits per heavy atom. The molecule has 0 amide bonds. The Balaban J connectivity index is 1.22. The van der Waals surface area contributed by atoms with Crippen LogP contribution in [0.2, 0.25) is 0 Å². The number of hydrogen-bond donors (Lipinski definition) is 1. The fourth-order valence-corrected chi connectivity index (χ4v) is 6.54. The summed E-state index contributed by atoms with van der Waals surface area (Å²) in [5.74, 6) is -1.85. The van der Waals surface area contributed by atoms with Gasteiger partial charge in [0, 0.05) is 37.7 Å². The number of hydrogen-bond acceptors (Lipinski definition) is 8. The Hall–Kier alpha value is -3.62. The summed E-state index contributed by atoms with van der Waals surface area (Å²) in [6.45, 7) is 3.32. The highest BCUT2D eigenvalue weighted by atomic mass is 32.2. The molecule has 1 saturated heterocycles. The van der Waals surface area contributed by atoms with Crippen LogP contribution in [0.3, 0.4) is 0 Å². The van der Waals surface area contributed by atoms with Crippen LogP contribution in [0.1, 0.15) is 25.3 Å². The second-order valence-electron chi connectivity index (χ2n) is 10.8. The molecule has 4 aromatic rings. The molecule has 216 valence electrons. The summed E-state index contributed by atoms with van der Waals surface area (Å²) >= 11 is 5.00. The van der Waals surface area contributed by atoms with E-state index in [1.54, 1.807) is 18.2 Å². The van der Waals surface area contributed by atoms with Crippen LogP contribution in [0.25, 0.3) is 16.8 Å². The van der Waals surface area contributed by atoms with Gasteiger partial charge in [-0.2, -0.15) is 14.1 Å². The minimum atomic E-state index is -3.64. The number of halogens is 2. The topological polar surface area (TPSA) is 114 Å². The maximum Gasteiger partial charge on any atom is 0.316 e. The molecule has 41 heavy (non-hydrogen) atoms. The first-order valence-electron chi connectivity index (χ1n) is 13.1. The van der Waals surface area contributed by atoms with Crippen molar-refractivity contribution in [2.75, 3.05) is 37.7 Å². The van der Waals surface area contributed by atoms with Crippen molar-refractivity contribution in [3.63, 3.8) is 0 Å². The number of sulfonamides is 1. The van der Waals surface area contributed by atoms with Gasteiger partial charge < -0.3 is 19.0 Å². The number of anilines is 1. The number of oxazole rings is 1. The third kappa shape index (κ3) is 5.76. The van der Waals surface area contributed by atoms with E-state index >= 15 is 0 Å². The Morgan fingerprint density at radius 1 is 1.10 bits per heavy atom. The van der Waals surface area contributed by atoms with Gasteiger partial charge in [-0.15, -0.1) is 0 Å². The first-order valence-corrected chi connectivity index (χ1v) is 15.1. The van der Waals surface area contributed by atoms with Gasteiger partial charge in [0.15, 0.2) is 5.58 Å². The van der Waals surface area contributed by atoms with E-state index in [0.29, 0.717) is 48.1 Å². The minimum absolute atomic E-state index is 0.0138. The van der Waals surface area contributed by atoms with Gasteiger partial charge in [-0.25, -0.2) is 17.2 Å². The number of benzene rings is 2. The van der Waals surface area contributed by atoms with E-state index < -0.39 is 27.2 Å². The maximum absolute atomic E-state index is 13.9. The second kappa shape index (κ2) is 10.3. The van der Waals surface area contributed by atoms with Crippen LogP contribution in [0.15, 0.2) is 51.8 Å². The van der Waals surface area contributed by atoms with Crippen molar-refractivity contribution < 1.29 is 26.4 Å². The van der Waals surface area contributed by atoms with Crippen molar-refractivity contribution in [1.29, 1.82) is 0 Å². The van der Waals surface area contributed by atoms with Crippen molar-refractivity contribution in [1.82, 2.24) is 19.1 Å². The number of ether oxygens (including phenoxy) is 1. The molecule has 2 aliphatic rings. The summed E-state index contributed by atoms with van der Waals surface area (Å²) in [6.07, 6.45) is 3.35. The molecule has 2 aromatic carbocycles. The standard InChI is InChI=1S/C27H27F2N5O5S2/c1-27(4-5-27)16-38-24-22(14-30-34(25(24)35)20-12-18(28)11-19(29)13-20)32-6-8-33(9-7-32)41(36,37)15-17-2-3-23-21(10-17)31-26(40)39-23/h2-3,10-14H,4-9,15-16H2,1H3,(H,31,40). The van der Waals surface area contributed by atoms with Crippen LogP contribution in [-0.2, 0) is 15.8 Å². The highest BCUT2D eigenvalue weighted by Gasteiger charge is 2.39. The lowest BCUT2D eigenvalue weighted by Gasteiger charge is -2.35. The first-order chi connectivity index (χ1) is 19.5. The molecule has 1 aliphatic heterocycles. The van der Waals surface area contributed by atoms with Crippen LogP contribution in [0, 0.1) is 21.9 Å². The van der Waals surface area contributed by atoms with Crippen LogP contribution in [-0.4, -0.2) is 60.3 Å². The zero-order valence-electron chi connectivity index (χ0n) is 22.1. The molecule has 0 atom stereocenters. The summed E-state index contributed by atoms with van der Waals surface area (Å²) in [5, 5.41) is 4.18. The number of nitrogens with one attached hydrogen (secondary N) is 1. The predicted molar refractivity (Wildman–Crippen MR) is 150 cm³/mol. The highest BCUT2D eigenvalue weighted by molar-refractivity contribution is 7.88. The molecule has 2 aromatic heterocycles. The Bertz CT molecular complexity index is 1840. The van der Waals surface area contributed by atoms with Crippen LogP contribution >= 0.6 is 12.2 Å². The summed E-state index contributed by atoms with van der Waals surface area (Å²) in [5.41, 5.74) is 1.43. The van der Waals surface area contributed by atoms with E-state index in [9.17, 15) is 22.0 Å². The molecule has 1 N–H and O–H groups in total. The van der Waals surface area contributed by atoms with Crippen molar-refractivity contribution in [2.45, 2.75) is 25.5 Å². The zero-order chi connectivity index (χ0) is 28.9. The van der Waals surface area contributed by atoms with Gasteiger partial charge in [-0.3, -0.25) is 4.79 Å². The van der Waals surface area contributed by atoms with Gasteiger partial charge in [0.2, 0.25) is 15.8 Å². The summed E-state index contributed by atoms with van der Waals surface area (Å²) in [6, 6.07) is 7.83. The monoisotopic (exact) mass is 603 g/mol. The summed E-state index contributed by atoms with van der Waals surface area (Å²) in [4.78, 5) is 18.5. The number of fused-ring (bicyclic) bond motifs is 1. The SMILES string of the molecule is CC1(COc2c(N3CCN(S(=O)(=O)Cc4ccc5oc(=S)[nH]c5c4)CC3)cnn(-c3cc(F)cc(F)c3)c2=O)CC1. The van der Waals surface area contributed by atoms with E-state index in [1.165, 1.54) is 10.5 Å². The molecule has 0 unspecified atom stereocenters. The van der Waals surface area contributed by atoms with Gasteiger partial charge in [-0.1, -0.05) is 13.0 Å². The largest absolute Gasteiger partial charge is 0.486 e. The lowest BCUT2D eigenvalue weighted by molar-refractivity contribution is 0.242. The van der Waals surface area contributed by atoms with Gasteiger partial charge in [-0.05, 0) is 54.9 Å². The van der Waals surface area contributed by atoms with Crippen molar-refractivity contribution >= 4 is 39.0 Å². The number of rotatable bonds is 8. The molecule has 0 bridgehead atoms. The molecular formula is C27H27F2N5O5S2. The summed E-state index contributed by atoms with van der Waals surface area (Å²) in [7, 11) is -3.64. The molecule has 0 spiro atoms. The quantitative estimate of drug-likeness (QED) is 0.299. The number of aromatic nitrogens is 3. The number of nitrogens with zero attached hydrogens (tertiary/aromatic N) is 4. The molecular weight excluding hydrogens is 576 g/mol. The van der Waals surface area contributed by atoms with Gasteiger partial charge in [0.25, 0.3) is 4.84 Å². The van der Waals surface area contributed by atoms with Crippen molar-refractivity contribution in [3.05, 3.63) is 75.0 Å². The smallest absolute Gasteiger partial charge is 0.316 e. The molecule has 3 heterocycles.